The molecular weight excluding hydrogens is 330 g/mol. The van der Waals surface area contributed by atoms with Gasteiger partial charge in [-0.3, -0.25) is 4.99 Å². The van der Waals surface area contributed by atoms with Crippen LogP contribution in [-0.2, 0) is 6.42 Å². The van der Waals surface area contributed by atoms with Gasteiger partial charge in [-0.15, -0.1) is 11.3 Å². The molecule has 25 heavy (non-hydrogen) atoms. The Labute approximate surface area is 155 Å². The molecule has 1 unspecified atom stereocenters. The highest BCUT2D eigenvalue weighted by Gasteiger charge is 2.13. The summed E-state index contributed by atoms with van der Waals surface area (Å²) in [5.41, 5.74) is 1.28. The van der Waals surface area contributed by atoms with Gasteiger partial charge in [-0.1, -0.05) is 30.3 Å². The Hall–Kier alpha value is -1.92. The Bertz CT molecular complexity index is 651. The van der Waals surface area contributed by atoms with E-state index in [1.165, 1.54) is 10.4 Å². The minimum absolute atomic E-state index is 0.262. The molecule has 2 aromatic rings. The maximum atomic E-state index is 4.78. The number of aryl methyl sites for hydroxylation is 1. The van der Waals surface area contributed by atoms with Gasteiger partial charge in [-0.2, -0.15) is 0 Å². The van der Waals surface area contributed by atoms with Crippen LogP contribution in [-0.4, -0.2) is 49.6 Å². The summed E-state index contributed by atoms with van der Waals surface area (Å²) in [6, 6.07) is 10.8. The van der Waals surface area contributed by atoms with Crippen LogP contribution in [0.15, 0.2) is 41.5 Å². The summed E-state index contributed by atoms with van der Waals surface area (Å²) in [5.74, 6) is 0.860. The van der Waals surface area contributed by atoms with Crippen LogP contribution in [0.25, 0.3) is 0 Å². The first-order valence-corrected chi connectivity index (χ1v) is 9.56. The molecular formula is C19H29N5S. The number of rotatable bonds is 8. The molecule has 0 spiro atoms. The van der Waals surface area contributed by atoms with Crippen LogP contribution in [0.3, 0.4) is 0 Å². The summed E-state index contributed by atoms with van der Waals surface area (Å²) < 4.78 is 0. The van der Waals surface area contributed by atoms with Crippen molar-refractivity contribution in [2.24, 2.45) is 4.99 Å². The van der Waals surface area contributed by atoms with Gasteiger partial charge in [0.25, 0.3) is 0 Å². The number of benzene rings is 1. The van der Waals surface area contributed by atoms with Crippen molar-refractivity contribution in [3.8, 4) is 0 Å². The maximum Gasteiger partial charge on any atom is 0.191 e. The molecule has 2 N–H and O–H groups in total. The predicted molar refractivity (Wildman–Crippen MR) is 107 cm³/mol. The highest BCUT2D eigenvalue weighted by atomic mass is 32.1. The smallest absolute Gasteiger partial charge is 0.191 e. The Morgan fingerprint density at radius 1 is 1.24 bits per heavy atom. The van der Waals surface area contributed by atoms with E-state index in [4.69, 9.17) is 4.99 Å². The monoisotopic (exact) mass is 359 g/mol. The fourth-order valence-corrected chi connectivity index (χ4v) is 3.35. The van der Waals surface area contributed by atoms with Crippen LogP contribution in [0.4, 0.5) is 0 Å². The molecule has 0 aliphatic carbocycles. The van der Waals surface area contributed by atoms with E-state index in [1.54, 1.807) is 11.3 Å². The molecule has 0 amide bonds. The zero-order valence-corrected chi connectivity index (χ0v) is 16.4. The van der Waals surface area contributed by atoms with Gasteiger partial charge in [-0.05, 0) is 33.5 Å². The van der Waals surface area contributed by atoms with E-state index in [2.05, 4.69) is 72.7 Å². The van der Waals surface area contributed by atoms with E-state index < -0.39 is 0 Å². The zero-order chi connectivity index (χ0) is 18.1. The third-order valence-electron chi connectivity index (χ3n) is 3.87. The van der Waals surface area contributed by atoms with Gasteiger partial charge < -0.3 is 15.5 Å². The number of thiazole rings is 1. The highest BCUT2D eigenvalue weighted by molar-refractivity contribution is 7.11. The number of hydrogen-bond acceptors (Lipinski definition) is 4. The third-order valence-corrected chi connectivity index (χ3v) is 4.85. The number of aliphatic imine (C=N–C) groups is 1. The average molecular weight is 360 g/mol. The van der Waals surface area contributed by atoms with Gasteiger partial charge in [0.1, 0.15) is 0 Å². The van der Waals surface area contributed by atoms with E-state index in [0.29, 0.717) is 6.54 Å². The molecule has 0 radical (unpaired) electrons. The second kappa shape index (κ2) is 10.2. The van der Waals surface area contributed by atoms with Gasteiger partial charge in [0.2, 0.25) is 0 Å². The van der Waals surface area contributed by atoms with E-state index in [-0.39, 0.29) is 6.04 Å². The molecule has 2 rings (SSSR count). The Morgan fingerprint density at radius 3 is 2.60 bits per heavy atom. The van der Waals surface area contributed by atoms with Crippen molar-refractivity contribution in [1.82, 2.24) is 20.5 Å². The quantitative estimate of drug-likeness (QED) is 0.562. The van der Waals surface area contributed by atoms with Gasteiger partial charge in [0, 0.05) is 30.6 Å². The molecule has 0 aliphatic rings. The lowest BCUT2D eigenvalue weighted by Crippen LogP contribution is -2.39. The summed E-state index contributed by atoms with van der Waals surface area (Å²) in [6.07, 6.45) is 2.85. The summed E-state index contributed by atoms with van der Waals surface area (Å²) in [4.78, 5) is 12.7. The van der Waals surface area contributed by atoms with E-state index in [0.717, 1.165) is 30.5 Å². The number of aromatic nitrogens is 1. The van der Waals surface area contributed by atoms with Crippen molar-refractivity contribution >= 4 is 17.3 Å². The lowest BCUT2D eigenvalue weighted by molar-refractivity contribution is 0.306. The number of nitrogens with one attached hydrogen (secondary N) is 2. The second-order valence-corrected chi connectivity index (χ2v) is 7.47. The van der Waals surface area contributed by atoms with Gasteiger partial charge in [-0.25, -0.2) is 4.98 Å². The Kier molecular flexibility index (Phi) is 7.88. The molecule has 1 heterocycles. The Morgan fingerprint density at radius 2 is 2.00 bits per heavy atom. The van der Waals surface area contributed by atoms with Crippen LogP contribution in [0.1, 0.15) is 28.4 Å². The number of hydrogen-bond donors (Lipinski definition) is 2. The van der Waals surface area contributed by atoms with Crippen LogP contribution < -0.4 is 10.6 Å². The molecule has 0 aliphatic heterocycles. The zero-order valence-electron chi connectivity index (χ0n) is 15.6. The average Bonchev–Trinajstić information content (AvgIpc) is 3.01. The number of likely N-dealkylation sites (N-methyl/N-ethyl adjacent to an activating group) is 1. The fraction of sp³-hybridized carbons (Fsp3) is 0.474. The Balaban J connectivity index is 1.94. The topological polar surface area (TPSA) is 52.6 Å². The molecule has 0 saturated carbocycles. The van der Waals surface area contributed by atoms with E-state index >= 15 is 0 Å². The molecule has 6 heteroatoms. The van der Waals surface area contributed by atoms with Crippen molar-refractivity contribution in [2.75, 3.05) is 33.7 Å². The third kappa shape index (κ3) is 6.48. The first-order chi connectivity index (χ1) is 12.1. The first kappa shape index (κ1) is 19.4. The minimum Gasteiger partial charge on any atom is -0.357 e. The van der Waals surface area contributed by atoms with Crippen LogP contribution in [0.5, 0.6) is 0 Å². The van der Waals surface area contributed by atoms with Gasteiger partial charge >= 0.3 is 0 Å². The van der Waals surface area contributed by atoms with Crippen LogP contribution >= 0.6 is 11.3 Å². The van der Waals surface area contributed by atoms with Gasteiger partial charge in [0.15, 0.2) is 5.96 Å². The maximum absolute atomic E-state index is 4.78. The normalized spacial score (nSPS) is 13.1. The van der Waals surface area contributed by atoms with Gasteiger partial charge in [0.05, 0.1) is 17.6 Å². The molecule has 0 fully saturated rings. The molecule has 1 atom stereocenters. The molecule has 0 saturated heterocycles. The summed E-state index contributed by atoms with van der Waals surface area (Å²) in [5, 5.41) is 7.90. The number of guanidine groups is 1. The molecule has 136 valence electrons. The highest BCUT2D eigenvalue weighted by Crippen LogP contribution is 2.18. The van der Waals surface area contributed by atoms with Crippen LogP contribution in [0, 0.1) is 6.92 Å². The van der Waals surface area contributed by atoms with E-state index in [9.17, 15) is 0 Å². The van der Waals surface area contributed by atoms with Crippen molar-refractivity contribution in [1.29, 1.82) is 0 Å². The molecule has 0 bridgehead atoms. The first-order valence-electron chi connectivity index (χ1n) is 8.75. The summed E-state index contributed by atoms with van der Waals surface area (Å²) in [7, 11) is 4.19. The fourth-order valence-electron chi connectivity index (χ4n) is 2.57. The van der Waals surface area contributed by atoms with E-state index in [1.807, 2.05) is 12.3 Å². The number of nitrogens with zero attached hydrogens (tertiary/aromatic N) is 3. The van der Waals surface area contributed by atoms with Crippen molar-refractivity contribution in [3.05, 3.63) is 52.0 Å². The van der Waals surface area contributed by atoms with Crippen molar-refractivity contribution in [2.45, 2.75) is 26.3 Å². The summed E-state index contributed by atoms with van der Waals surface area (Å²) in [6.45, 7) is 6.56. The predicted octanol–water partition coefficient (Wildman–Crippen LogP) is 2.85. The second-order valence-electron chi connectivity index (χ2n) is 6.15. The van der Waals surface area contributed by atoms with Crippen molar-refractivity contribution < 1.29 is 0 Å². The minimum atomic E-state index is 0.262. The summed E-state index contributed by atoms with van der Waals surface area (Å²) >= 11 is 1.75. The van der Waals surface area contributed by atoms with Crippen LogP contribution in [0.2, 0.25) is 0 Å². The lowest BCUT2D eigenvalue weighted by atomic mass is 10.1. The lowest BCUT2D eigenvalue weighted by Gasteiger charge is -2.23. The molecule has 1 aromatic heterocycles. The SMILES string of the molecule is CCNC(=NCC(c1ccccc1)N(C)C)NCCc1ncc(C)s1. The molecule has 5 nitrogen and oxygen atoms in total. The largest absolute Gasteiger partial charge is 0.357 e. The molecule has 1 aromatic carbocycles. The standard InChI is InChI=1S/C19H29N5S/c1-5-20-19(21-12-11-18-22-13-15(2)25-18)23-14-17(24(3)4)16-9-7-6-8-10-16/h6-10,13,17H,5,11-12,14H2,1-4H3,(H2,20,21,23). The van der Waals surface area contributed by atoms with Crippen molar-refractivity contribution in [3.63, 3.8) is 0 Å².